The zero-order valence-corrected chi connectivity index (χ0v) is 9.27. The normalized spacial score (nSPS) is 5.06. The molecule has 0 spiro atoms. The van der Waals surface area contributed by atoms with Gasteiger partial charge in [-0.25, -0.2) is 0 Å². The molecule has 0 saturated carbocycles. The smallest absolute Gasteiger partial charge is 0.537 e. The third-order valence-electron chi connectivity index (χ3n) is 0.354. The van der Waals surface area contributed by atoms with E-state index in [1.807, 2.05) is 0 Å². The van der Waals surface area contributed by atoms with Crippen molar-refractivity contribution in [2.75, 3.05) is 0 Å². The maximum Gasteiger partial charge on any atom is 3.00 e. The van der Waals surface area contributed by atoms with E-state index in [9.17, 15) is 0 Å². The second kappa shape index (κ2) is 18.5. The molecular formula is C9H3O6Ru. The van der Waals surface area contributed by atoms with Gasteiger partial charge in [0, 0.05) is 0 Å². The fraction of sp³-hybridized carbons (Fsp3) is 0. The molecule has 16 heavy (non-hydrogen) atoms. The van der Waals surface area contributed by atoms with Gasteiger partial charge < -0.3 is 29.7 Å². The Hall–Kier alpha value is -2.29. The van der Waals surface area contributed by atoms with Crippen molar-refractivity contribution >= 4 is 17.9 Å². The minimum absolute atomic E-state index is 0. The van der Waals surface area contributed by atoms with Crippen LogP contribution in [0.3, 0.4) is 0 Å². The Morgan fingerprint density at radius 2 is 0.750 bits per heavy atom. The van der Waals surface area contributed by atoms with Gasteiger partial charge in [-0.1, -0.05) is 17.8 Å². The summed E-state index contributed by atoms with van der Waals surface area (Å²) in [5, 5.41) is 27.1. The Balaban J connectivity index is -0.0000000655. The number of hydrogen-bond acceptors (Lipinski definition) is 6. The monoisotopic (exact) mass is 309 g/mol. The Morgan fingerprint density at radius 1 is 0.688 bits per heavy atom. The van der Waals surface area contributed by atoms with Gasteiger partial charge in [-0.3, -0.25) is 0 Å². The average Bonchev–Trinajstić information content (AvgIpc) is 2.19. The minimum Gasteiger partial charge on any atom is -0.537 e. The summed E-state index contributed by atoms with van der Waals surface area (Å²) in [6.07, 6.45) is 12.8. The molecule has 0 heterocycles. The average molecular weight is 308 g/mol. The molecule has 0 rings (SSSR count). The van der Waals surface area contributed by atoms with Gasteiger partial charge in [-0.05, 0) is 0 Å². The van der Waals surface area contributed by atoms with E-state index < -0.39 is 17.9 Å². The zero-order chi connectivity index (χ0) is 12.9. The number of terminal acetylenes is 3. The van der Waals surface area contributed by atoms with Gasteiger partial charge in [0.2, 0.25) is 0 Å². The van der Waals surface area contributed by atoms with Crippen LogP contribution in [0, 0.1) is 37.0 Å². The Labute approximate surface area is 104 Å². The number of carbonyl (C=O) groups is 3. The Kier molecular flexibility index (Phi) is 27.1. The van der Waals surface area contributed by atoms with E-state index in [1.54, 1.807) is 0 Å². The van der Waals surface area contributed by atoms with Crippen LogP contribution in [0.15, 0.2) is 0 Å². The summed E-state index contributed by atoms with van der Waals surface area (Å²) in [6, 6.07) is 0. The molecule has 0 saturated heterocycles. The molecule has 0 fully saturated rings. The molecule has 0 aliphatic carbocycles. The molecular weight excluding hydrogens is 305 g/mol. The summed E-state index contributed by atoms with van der Waals surface area (Å²) in [5.74, 6) is -0.403. The van der Waals surface area contributed by atoms with Crippen molar-refractivity contribution in [1.29, 1.82) is 0 Å². The van der Waals surface area contributed by atoms with E-state index in [4.69, 9.17) is 29.7 Å². The van der Waals surface area contributed by atoms with Crippen molar-refractivity contribution in [3.63, 3.8) is 0 Å². The van der Waals surface area contributed by atoms with Crippen LogP contribution < -0.4 is 15.3 Å². The molecule has 6 nitrogen and oxygen atoms in total. The number of hydrogen-bond donors (Lipinski definition) is 0. The molecule has 0 atom stereocenters. The molecule has 0 aromatic rings. The summed E-state index contributed by atoms with van der Waals surface area (Å²) in [7, 11) is 0. The largest absolute Gasteiger partial charge is 3.00 e. The summed E-state index contributed by atoms with van der Waals surface area (Å²) >= 11 is 0. The summed E-state index contributed by atoms with van der Waals surface area (Å²) in [6.45, 7) is 0. The van der Waals surface area contributed by atoms with Crippen LogP contribution in [0.1, 0.15) is 0 Å². The van der Waals surface area contributed by atoms with Crippen LogP contribution in [0.2, 0.25) is 0 Å². The van der Waals surface area contributed by atoms with Gasteiger partial charge in [-0.15, -0.1) is 19.3 Å². The van der Waals surface area contributed by atoms with E-state index in [0.717, 1.165) is 0 Å². The van der Waals surface area contributed by atoms with Crippen LogP contribution in [0.25, 0.3) is 0 Å². The predicted octanol–water partition coefficient (Wildman–Crippen LogP) is -4.89. The molecule has 0 unspecified atom stereocenters. The van der Waals surface area contributed by atoms with Crippen molar-refractivity contribution in [3.8, 4) is 37.0 Å². The first-order valence-corrected chi connectivity index (χ1v) is 2.84. The number of carboxylic acids is 3. The van der Waals surface area contributed by atoms with Gasteiger partial charge >= 0.3 is 19.5 Å². The van der Waals surface area contributed by atoms with E-state index in [2.05, 4.69) is 19.3 Å². The van der Waals surface area contributed by atoms with Gasteiger partial charge in [0.05, 0.1) is 0 Å². The topological polar surface area (TPSA) is 120 Å². The molecule has 0 aliphatic rings. The fourth-order valence-corrected chi connectivity index (χ4v) is 0. The van der Waals surface area contributed by atoms with Crippen molar-refractivity contribution in [1.82, 2.24) is 0 Å². The maximum atomic E-state index is 9.02. The zero-order valence-electron chi connectivity index (χ0n) is 7.54. The van der Waals surface area contributed by atoms with E-state index in [-0.39, 0.29) is 19.5 Å². The predicted molar refractivity (Wildman–Crippen MR) is 41.5 cm³/mol. The van der Waals surface area contributed by atoms with Gasteiger partial charge in [0.1, 0.15) is 17.9 Å². The van der Waals surface area contributed by atoms with Crippen LogP contribution in [-0.4, -0.2) is 17.9 Å². The first kappa shape index (κ1) is 23.5. The molecule has 7 heteroatoms. The van der Waals surface area contributed by atoms with Crippen LogP contribution >= 0.6 is 0 Å². The molecule has 1 radical (unpaired) electrons. The van der Waals surface area contributed by atoms with Gasteiger partial charge in [0.25, 0.3) is 0 Å². The number of rotatable bonds is 0. The molecule has 83 valence electrons. The third-order valence-corrected chi connectivity index (χ3v) is 0.354. The van der Waals surface area contributed by atoms with Crippen LogP contribution in [0.5, 0.6) is 0 Å². The van der Waals surface area contributed by atoms with Crippen LogP contribution in [-0.2, 0) is 33.9 Å². The summed E-state index contributed by atoms with van der Waals surface area (Å²) in [5.41, 5.74) is 0. The van der Waals surface area contributed by atoms with Crippen molar-refractivity contribution in [3.05, 3.63) is 0 Å². The minimum atomic E-state index is -1.47. The van der Waals surface area contributed by atoms with Crippen LogP contribution in [0.4, 0.5) is 0 Å². The Morgan fingerprint density at radius 3 is 0.750 bits per heavy atom. The summed E-state index contributed by atoms with van der Waals surface area (Å²) < 4.78 is 0. The molecule has 0 aromatic heterocycles. The van der Waals surface area contributed by atoms with Crippen molar-refractivity contribution in [2.45, 2.75) is 0 Å². The second-order valence-electron chi connectivity index (χ2n) is 1.30. The molecule has 0 aromatic carbocycles. The Bertz CT molecular complexity index is 295. The fourth-order valence-electron chi connectivity index (χ4n) is 0. The molecule has 0 aliphatic heterocycles. The number of aliphatic carboxylic acids is 3. The summed E-state index contributed by atoms with van der Waals surface area (Å²) in [4.78, 5) is 27.1. The number of carboxylic acid groups (broad SMARTS) is 3. The van der Waals surface area contributed by atoms with E-state index in [0.29, 0.717) is 0 Å². The molecule has 0 bridgehead atoms. The quantitative estimate of drug-likeness (QED) is 0.327. The van der Waals surface area contributed by atoms with E-state index >= 15 is 0 Å². The van der Waals surface area contributed by atoms with Gasteiger partial charge in [0.15, 0.2) is 0 Å². The SMILES string of the molecule is C#CC(=O)[O-].C#CC(=O)[O-].C#CC(=O)[O-].[Ru+3]. The maximum absolute atomic E-state index is 9.02. The molecule has 0 amide bonds. The van der Waals surface area contributed by atoms with E-state index in [1.165, 1.54) is 17.8 Å². The van der Waals surface area contributed by atoms with Gasteiger partial charge in [-0.2, -0.15) is 0 Å². The van der Waals surface area contributed by atoms with Crippen molar-refractivity contribution < 1.29 is 49.2 Å². The van der Waals surface area contributed by atoms with Crippen molar-refractivity contribution in [2.24, 2.45) is 0 Å². The second-order valence-corrected chi connectivity index (χ2v) is 1.30. The first-order chi connectivity index (χ1) is 6.81. The first-order valence-electron chi connectivity index (χ1n) is 2.84. The third kappa shape index (κ3) is 97.5. The molecule has 0 N–H and O–H groups in total. The number of carbonyl (C=O) groups excluding carboxylic acids is 3. The standard InChI is InChI=1S/3C3H2O2.Ru/c3*1-2-3(4)5;/h3*1H,(H,4,5);/q;;;+3/p-3.